The molecule has 0 fully saturated rings. The molecule has 0 aliphatic carbocycles. The lowest BCUT2D eigenvalue weighted by Crippen LogP contribution is -2.39. The Bertz CT molecular complexity index is 537. The summed E-state index contributed by atoms with van der Waals surface area (Å²) < 4.78 is 0. The molecular formula is C16H23NO4. The number of aliphatic hydroxyl groups is 1. The van der Waals surface area contributed by atoms with Gasteiger partial charge in [0.15, 0.2) is 0 Å². The lowest BCUT2D eigenvalue weighted by Gasteiger charge is -2.28. The van der Waals surface area contributed by atoms with Crippen LogP contribution in [0.15, 0.2) is 12.1 Å². The molecule has 1 aromatic rings. The lowest BCUT2D eigenvalue weighted by atomic mass is 9.95. The van der Waals surface area contributed by atoms with Crippen LogP contribution in [0.3, 0.4) is 0 Å². The first-order valence-electron chi connectivity index (χ1n) is 7.06. The van der Waals surface area contributed by atoms with Crippen molar-refractivity contribution in [3.05, 3.63) is 34.4 Å². The average Bonchev–Trinajstić information content (AvgIpc) is 2.40. The van der Waals surface area contributed by atoms with Crippen LogP contribution in [0.25, 0.3) is 0 Å². The Balaban J connectivity index is 3.33. The Morgan fingerprint density at radius 1 is 1.14 bits per heavy atom. The van der Waals surface area contributed by atoms with Crippen LogP contribution in [-0.4, -0.2) is 46.2 Å². The van der Waals surface area contributed by atoms with Gasteiger partial charge in [0.2, 0.25) is 0 Å². The summed E-state index contributed by atoms with van der Waals surface area (Å²) in [6, 6.07) is 3.41. The van der Waals surface area contributed by atoms with E-state index >= 15 is 0 Å². The van der Waals surface area contributed by atoms with E-state index in [1.165, 1.54) is 0 Å². The number of carbonyl (C=O) groups is 2. The van der Waals surface area contributed by atoms with Crippen molar-refractivity contribution in [1.29, 1.82) is 0 Å². The molecule has 0 aliphatic heterocycles. The van der Waals surface area contributed by atoms with Gasteiger partial charge in [0, 0.05) is 19.2 Å². The van der Waals surface area contributed by atoms with Crippen LogP contribution >= 0.6 is 0 Å². The molecule has 0 heterocycles. The van der Waals surface area contributed by atoms with Gasteiger partial charge in [0.1, 0.15) is 0 Å². The molecule has 0 bridgehead atoms. The van der Waals surface area contributed by atoms with Gasteiger partial charge in [-0.15, -0.1) is 0 Å². The molecule has 1 rings (SSSR count). The van der Waals surface area contributed by atoms with Crippen LogP contribution in [0.1, 0.15) is 52.1 Å². The summed E-state index contributed by atoms with van der Waals surface area (Å²) >= 11 is 0. The van der Waals surface area contributed by atoms with E-state index in [4.69, 9.17) is 5.11 Å². The van der Waals surface area contributed by atoms with Gasteiger partial charge in [-0.1, -0.05) is 12.1 Å². The van der Waals surface area contributed by atoms with Crippen molar-refractivity contribution in [3.8, 4) is 0 Å². The number of aromatic carboxylic acids is 1. The van der Waals surface area contributed by atoms with Gasteiger partial charge in [-0.05, 0) is 45.2 Å². The van der Waals surface area contributed by atoms with Crippen molar-refractivity contribution in [3.63, 3.8) is 0 Å². The van der Waals surface area contributed by atoms with Gasteiger partial charge >= 0.3 is 5.97 Å². The standard InChI is InChI=1S/C16H23NO4/c1-10(2)17(8-5-9-18)15(19)13-11(3)6-7-12(4)14(13)16(20)21/h6-7,10,18H,5,8-9H2,1-4H3,(H,20,21). The van der Waals surface area contributed by atoms with Crippen molar-refractivity contribution in [1.82, 2.24) is 4.90 Å². The zero-order chi connectivity index (χ0) is 16.2. The van der Waals surface area contributed by atoms with E-state index in [-0.39, 0.29) is 29.7 Å². The van der Waals surface area contributed by atoms with Crippen LogP contribution in [0.5, 0.6) is 0 Å². The molecule has 0 aliphatic rings. The van der Waals surface area contributed by atoms with Crippen molar-refractivity contribution in [2.45, 2.75) is 40.2 Å². The third kappa shape index (κ3) is 3.82. The van der Waals surface area contributed by atoms with Gasteiger partial charge in [0.05, 0.1) is 11.1 Å². The topological polar surface area (TPSA) is 77.8 Å². The normalized spacial score (nSPS) is 10.8. The number of aryl methyl sites for hydroxylation is 2. The molecule has 116 valence electrons. The number of carboxylic acid groups (broad SMARTS) is 1. The number of benzene rings is 1. The van der Waals surface area contributed by atoms with Gasteiger partial charge in [-0.3, -0.25) is 4.79 Å². The van der Waals surface area contributed by atoms with E-state index in [2.05, 4.69) is 0 Å². The monoisotopic (exact) mass is 293 g/mol. The minimum atomic E-state index is -1.09. The van der Waals surface area contributed by atoms with E-state index in [0.717, 1.165) is 0 Å². The highest BCUT2D eigenvalue weighted by Gasteiger charge is 2.26. The second-order valence-corrected chi connectivity index (χ2v) is 5.42. The van der Waals surface area contributed by atoms with E-state index in [0.29, 0.717) is 24.1 Å². The third-order valence-corrected chi connectivity index (χ3v) is 3.49. The maximum atomic E-state index is 12.8. The number of amides is 1. The molecule has 1 amide bonds. The summed E-state index contributed by atoms with van der Waals surface area (Å²) in [5.41, 5.74) is 1.53. The molecular weight excluding hydrogens is 270 g/mol. The van der Waals surface area contributed by atoms with Crippen molar-refractivity contribution in [2.24, 2.45) is 0 Å². The summed E-state index contributed by atoms with van der Waals surface area (Å²) in [4.78, 5) is 25.9. The maximum absolute atomic E-state index is 12.8. The summed E-state index contributed by atoms with van der Waals surface area (Å²) in [6.45, 7) is 7.58. The van der Waals surface area contributed by atoms with Crippen molar-refractivity contribution in [2.75, 3.05) is 13.2 Å². The van der Waals surface area contributed by atoms with E-state index in [1.807, 2.05) is 13.8 Å². The fourth-order valence-corrected chi connectivity index (χ4v) is 2.34. The predicted octanol–water partition coefficient (Wildman–Crippen LogP) is 2.23. The Kier molecular flexibility index (Phi) is 5.90. The second-order valence-electron chi connectivity index (χ2n) is 5.42. The Hall–Kier alpha value is -1.88. The molecule has 0 saturated heterocycles. The Morgan fingerprint density at radius 2 is 1.67 bits per heavy atom. The molecule has 0 radical (unpaired) electrons. The number of carbonyl (C=O) groups excluding carboxylic acids is 1. The van der Waals surface area contributed by atoms with E-state index in [9.17, 15) is 14.7 Å². The van der Waals surface area contributed by atoms with Crippen molar-refractivity contribution >= 4 is 11.9 Å². The summed E-state index contributed by atoms with van der Waals surface area (Å²) in [7, 11) is 0. The molecule has 0 spiro atoms. The molecule has 21 heavy (non-hydrogen) atoms. The molecule has 2 N–H and O–H groups in total. The molecule has 0 aromatic heterocycles. The molecule has 0 atom stereocenters. The SMILES string of the molecule is Cc1ccc(C)c(C(=O)N(CCCO)C(C)C)c1C(=O)O. The van der Waals surface area contributed by atoms with Gasteiger partial charge < -0.3 is 15.1 Å². The van der Waals surface area contributed by atoms with E-state index in [1.54, 1.807) is 30.9 Å². The average molecular weight is 293 g/mol. The fourth-order valence-electron chi connectivity index (χ4n) is 2.34. The lowest BCUT2D eigenvalue weighted by molar-refractivity contribution is 0.0650. The highest BCUT2D eigenvalue weighted by atomic mass is 16.4. The van der Waals surface area contributed by atoms with Crippen molar-refractivity contribution < 1.29 is 19.8 Å². The van der Waals surface area contributed by atoms with Gasteiger partial charge in [-0.2, -0.15) is 0 Å². The number of aliphatic hydroxyl groups excluding tert-OH is 1. The van der Waals surface area contributed by atoms with Crippen LogP contribution in [0.2, 0.25) is 0 Å². The fraction of sp³-hybridized carbons (Fsp3) is 0.500. The second kappa shape index (κ2) is 7.22. The Morgan fingerprint density at radius 3 is 2.10 bits per heavy atom. The predicted molar refractivity (Wildman–Crippen MR) is 80.8 cm³/mol. The highest BCUT2D eigenvalue weighted by molar-refractivity contribution is 6.06. The van der Waals surface area contributed by atoms with Gasteiger partial charge in [0.25, 0.3) is 5.91 Å². The number of hydrogen-bond donors (Lipinski definition) is 2. The first kappa shape index (κ1) is 17.2. The molecule has 5 heteroatoms. The zero-order valence-corrected chi connectivity index (χ0v) is 13.0. The molecule has 5 nitrogen and oxygen atoms in total. The molecule has 0 unspecified atom stereocenters. The van der Waals surface area contributed by atoms with Crippen LogP contribution < -0.4 is 0 Å². The number of nitrogens with zero attached hydrogens (tertiary/aromatic N) is 1. The Labute approximate surface area is 125 Å². The minimum Gasteiger partial charge on any atom is -0.478 e. The van der Waals surface area contributed by atoms with Gasteiger partial charge in [-0.25, -0.2) is 4.79 Å². The number of hydrogen-bond acceptors (Lipinski definition) is 3. The number of carboxylic acids is 1. The molecule has 1 aromatic carbocycles. The first-order chi connectivity index (χ1) is 9.81. The van der Waals surface area contributed by atoms with Crippen LogP contribution in [-0.2, 0) is 0 Å². The molecule has 0 saturated carbocycles. The summed E-state index contributed by atoms with van der Waals surface area (Å²) in [5.74, 6) is -1.39. The van der Waals surface area contributed by atoms with Crippen LogP contribution in [0.4, 0.5) is 0 Å². The maximum Gasteiger partial charge on any atom is 0.336 e. The largest absolute Gasteiger partial charge is 0.478 e. The summed E-state index contributed by atoms with van der Waals surface area (Å²) in [6.07, 6.45) is 0.469. The first-order valence-corrected chi connectivity index (χ1v) is 7.06. The zero-order valence-electron chi connectivity index (χ0n) is 13.0. The van der Waals surface area contributed by atoms with Crippen LogP contribution in [0, 0.1) is 13.8 Å². The third-order valence-electron chi connectivity index (χ3n) is 3.49. The minimum absolute atomic E-state index is 0.00487. The summed E-state index contributed by atoms with van der Waals surface area (Å²) in [5, 5.41) is 18.4. The van der Waals surface area contributed by atoms with E-state index < -0.39 is 5.97 Å². The number of rotatable bonds is 6. The smallest absolute Gasteiger partial charge is 0.336 e. The highest BCUT2D eigenvalue weighted by Crippen LogP contribution is 2.22. The quantitative estimate of drug-likeness (QED) is 0.843.